The largest absolute Gasteiger partial charge is 0.496 e. The molecule has 0 saturated carbocycles. The van der Waals surface area contributed by atoms with Gasteiger partial charge >= 0.3 is 0 Å². The number of thioether (sulfide) groups is 1. The number of hydrogen-bond donors (Lipinski definition) is 1. The molecular formula is C14H13N5O2S. The van der Waals surface area contributed by atoms with Gasteiger partial charge in [0.15, 0.2) is 5.65 Å². The van der Waals surface area contributed by atoms with E-state index in [0.717, 1.165) is 17.0 Å². The molecule has 3 rings (SSSR count). The zero-order chi connectivity index (χ0) is 15.5. The van der Waals surface area contributed by atoms with Crippen molar-refractivity contribution in [2.45, 2.75) is 5.16 Å². The number of carbonyl (C=O) groups is 1. The Kier molecular flexibility index (Phi) is 3.92. The zero-order valence-corrected chi connectivity index (χ0v) is 12.6. The Labute approximate surface area is 130 Å². The molecule has 0 aliphatic heterocycles. The standard InChI is InChI=1S/C14H13N5O2S/c1-21-11-5-3-2-4-9(11)10-6-7-13-16-17-14(19(13)18-10)22-8-12(15)20/h2-7H,8H2,1H3,(H2,15,20). The molecule has 2 aromatic heterocycles. The fourth-order valence-corrected chi connectivity index (χ4v) is 2.62. The van der Waals surface area contributed by atoms with Crippen LogP contribution in [0.25, 0.3) is 16.9 Å². The van der Waals surface area contributed by atoms with Gasteiger partial charge in [-0.2, -0.15) is 9.61 Å². The predicted octanol–water partition coefficient (Wildman–Crippen LogP) is 1.38. The summed E-state index contributed by atoms with van der Waals surface area (Å²) in [5.74, 6) is 0.442. The lowest BCUT2D eigenvalue weighted by molar-refractivity contribution is -0.115. The minimum absolute atomic E-state index is 0.126. The summed E-state index contributed by atoms with van der Waals surface area (Å²) in [7, 11) is 1.62. The quantitative estimate of drug-likeness (QED) is 0.715. The summed E-state index contributed by atoms with van der Waals surface area (Å²) in [6, 6.07) is 11.3. The summed E-state index contributed by atoms with van der Waals surface area (Å²) in [4.78, 5) is 10.9. The van der Waals surface area contributed by atoms with Gasteiger partial charge in [0.25, 0.3) is 0 Å². The van der Waals surface area contributed by atoms with E-state index in [9.17, 15) is 4.79 Å². The molecule has 1 amide bonds. The Bertz CT molecular complexity index is 833. The summed E-state index contributed by atoms with van der Waals surface area (Å²) >= 11 is 1.20. The van der Waals surface area contributed by atoms with Crippen LogP contribution in [0.3, 0.4) is 0 Å². The summed E-state index contributed by atoms with van der Waals surface area (Å²) in [5.41, 5.74) is 7.35. The van der Waals surface area contributed by atoms with E-state index in [1.807, 2.05) is 36.4 Å². The van der Waals surface area contributed by atoms with Crippen molar-refractivity contribution in [3.05, 3.63) is 36.4 Å². The Balaban J connectivity index is 2.04. The molecule has 3 aromatic rings. The molecule has 0 bridgehead atoms. The van der Waals surface area contributed by atoms with E-state index in [1.54, 1.807) is 11.6 Å². The Morgan fingerprint density at radius 2 is 2.09 bits per heavy atom. The van der Waals surface area contributed by atoms with E-state index in [2.05, 4.69) is 15.3 Å². The lowest BCUT2D eigenvalue weighted by atomic mass is 10.1. The summed E-state index contributed by atoms with van der Waals surface area (Å²) < 4.78 is 6.95. The minimum Gasteiger partial charge on any atom is -0.496 e. The zero-order valence-electron chi connectivity index (χ0n) is 11.8. The average molecular weight is 315 g/mol. The molecule has 0 atom stereocenters. The van der Waals surface area contributed by atoms with Crippen LogP contribution in [-0.4, -0.2) is 38.6 Å². The maximum atomic E-state index is 10.9. The maximum Gasteiger partial charge on any atom is 0.227 e. The van der Waals surface area contributed by atoms with Gasteiger partial charge in [-0.3, -0.25) is 4.79 Å². The van der Waals surface area contributed by atoms with Gasteiger partial charge in [0.05, 0.1) is 18.6 Å². The van der Waals surface area contributed by atoms with E-state index in [0.29, 0.717) is 10.8 Å². The second-order valence-corrected chi connectivity index (χ2v) is 5.37. The number of methoxy groups -OCH3 is 1. The average Bonchev–Trinajstić information content (AvgIpc) is 2.95. The van der Waals surface area contributed by atoms with Gasteiger partial charge in [-0.15, -0.1) is 10.2 Å². The number of benzene rings is 1. The molecule has 0 aliphatic rings. The number of ether oxygens (including phenoxy) is 1. The van der Waals surface area contributed by atoms with Crippen molar-refractivity contribution in [3.63, 3.8) is 0 Å². The number of aromatic nitrogens is 4. The van der Waals surface area contributed by atoms with Crippen LogP contribution in [0.15, 0.2) is 41.6 Å². The number of primary amides is 1. The Hall–Kier alpha value is -2.61. The van der Waals surface area contributed by atoms with Crippen molar-refractivity contribution in [1.29, 1.82) is 0 Å². The molecule has 0 fully saturated rings. The highest BCUT2D eigenvalue weighted by molar-refractivity contribution is 7.99. The first kappa shape index (κ1) is 14.3. The van der Waals surface area contributed by atoms with Crippen LogP contribution in [0.1, 0.15) is 0 Å². The SMILES string of the molecule is COc1ccccc1-c1ccc2nnc(SCC(N)=O)n2n1. The van der Waals surface area contributed by atoms with Crippen molar-refractivity contribution < 1.29 is 9.53 Å². The van der Waals surface area contributed by atoms with Gasteiger partial charge in [0, 0.05) is 5.56 Å². The van der Waals surface area contributed by atoms with Crippen LogP contribution in [0, 0.1) is 0 Å². The molecule has 0 unspecified atom stereocenters. The minimum atomic E-state index is -0.414. The first-order valence-electron chi connectivity index (χ1n) is 6.46. The van der Waals surface area contributed by atoms with Crippen molar-refractivity contribution in [3.8, 4) is 17.0 Å². The molecule has 0 saturated heterocycles. The number of nitrogens with zero attached hydrogens (tertiary/aromatic N) is 4. The van der Waals surface area contributed by atoms with Crippen molar-refractivity contribution in [2.24, 2.45) is 5.73 Å². The predicted molar refractivity (Wildman–Crippen MR) is 82.7 cm³/mol. The molecule has 112 valence electrons. The van der Waals surface area contributed by atoms with Crippen molar-refractivity contribution in [2.75, 3.05) is 12.9 Å². The fraction of sp³-hybridized carbons (Fsp3) is 0.143. The molecule has 0 radical (unpaired) electrons. The number of carbonyl (C=O) groups excluding carboxylic acids is 1. The second-order valence-electron chi connectivity index (χ2n) is 4.43. The number of amides is 1. The van der Waals surface area contributed by atoms with E-state index >= 15 is 0 Å². The van der Waals surface area contributed by atoms with Gasteiger partial charge in [-0.1, -0.05) is 23.9 Å². The van der Waals surface area contributed by atoms with Crippen LogP contribution in [-0.2, 0) is 4.79 Å². The van der Waals surface area contributed by atoms with Crippen molar-refractivity contribution >= 4 is 23.3 Å². The lowest BCUT2D eigenvalue weighted by Crippen LogP contribution is -2.13. The summed E-state index contributed by atoms with van der Waals surface area (Å²) in [6.45, 7) is 0. The molecule has 0 spiro atoms. The molecule has 7 nitrogen and oxygen atoms in total. The highest BCUT2D eigenvalue weighted by Gasteiger charge is 2.12. The van der Waals surface area contributed by atoms with Gasteiger partial charge in [0.2, 0.25) is 11.1 Å². The molecule has 22 heavy (non-hydrogen) atoms. The van der Waals surface area contributed by atoms with Crippen LogP contribution in [0.5, 0.6) is 5.75 Å². The maximum absolute atomic E-state index is 10.9. The lowest BCUT2D eigenvalue weighted by Gasteiger charge is -2.07. The van der Waals surface area contributed by atoms with Gasteiger partial charge < -0.3 is 10.5 Å². The highest BCUT2D eigenvalue weighted by atomic mass is 32.2. The van der Waals surface area contributed by atoms with Gasteiger partial charge in [-0.05, 0) is 24.3 Å². The van der Waals surface area contributed by atoms with E-state index in [1.165, 1.54) is 11.8 Å². The molecule has 2 heterocycles. The monoisotopic (exact) mass is 315 g/mol. The van der Waals surface area contributed by atoms with Gasteiger partial charge in [-0.25, -0.2) is 0 Å². The molecule has 1 aromatic carbocycles. The smallest absolute Gasteiger partial charge is 0.227 e. The number of nitrogens with two attached hydrogens (primary N) is 1. The first-order valence-corrected chi connectivity index (χ1v) is 7.44. The number of fused-ring (bicyclic) bond motifs is 1. The van der Waals surface area contributed by atoms with Crippen LogP contribution >= 0.6 is 11.8 Å². The molecule has 8 heteroatoms. The van der Waals surface area contributed by atoms with E-state index in [4.69, 9.17) is 10.5 Å². The third kappa shape index (κ3) is 2.73. The fourth-order valence-electron chi connectivity index (χ4n) is 1.99. The number of hydrogen-bond acceptors (Lipinski definition) is 6. The number of rotatable bonds is 5. The van der Waals surface area contributed by atoms with E-state index in [-0.39, 0.29) is 5.75 Å². The van der Waals surface area contributed by atoms with Crippen LogP contribution < -0.4 is 10.5 Å². The summed E-state index contributed by atoms with van der Waals surface area (Å²) in [6.07, 6.45) is 0. The number of para-hydroxylation sites is 1. The normalized spacial score (nSPS) is 10.8. The first-order chi connectivity index (χ1) is 10.7. The molecule has 0 aliphatic carbocycles. The van der Waals surface area contributed by atoms with E-state index < -0.39 is 5.91 Å². The van der Waals surface area contributed by atoms with Crippen molar-refractivity contribution in [1.82, 2.24) is 19.8 Å². The topological polar surface area (TPSA) is 95.4 Å². The van der Waals surface area contributed by atoms with Gasteiger partial charge in [0.1, 0.15) is 5.75 Å². The Morgan fingerprint density at radius 3 is 2.86 bits per heavy atom. The third-order valence-corrected chi connectivity index (χ3v) is 3.90. The molecular weight excluding hydrogens is 302 g/mol. The summed E-state index contributed by atoms with van der Waals surface area (Å²) in [5, 5.41) is 13.1. The van der Waals surface area contributed by atoms with Crippen LogP contribution in [0.4, 0.5) is 0 Å². The third-order valence-electron chi connectivity index (χ3n) is 2.96. The molecule has 2 N–H and O–H groups in total. The Morgan fingerprint density at radius 1 is 1.27 bits per heavy atom. The second kappa shape index (κ2) is 6.02. The highest BCUT2D eigenvalue weighted by Crippen LogP contribution is 2.28. The van der Waals surface area contributed by atoms with Crippen LogP contribution in [0.2, 0.25) is 0 Å².